The molecule has 0 heterocycles. The van der Waals surface area contributed by atoms with Gasteiger partial charge in [0.25, 0.3) is 0 Å². The van der Waals surface area contributed by atoms with Crippen LogP contribution in [-0.2, 0) is 0 Å². The second-order valence-electron chi connectivity index (χ2n) is 7.41. The van der Waals surface area contributed by atoms with Crippen molar-refractivity contribution >= 4 is 16.3 Å². The average molecular weight is 337 g/mol. The predicted octanol–water partition coefficient (Wildman–Crippen LogP) is 7.39. The van der Waals surface area contributed by atoms with Gasteiger partial charge in [0.1, 0.15) is 5.75 Å². The number of rotatable bonds is 8. The van der Waals surface area contributed by atoms with Crippen LogP contribution in [0, 0.1) is 5.92 Å². The van der Waals surface area contributed by atoms with Crippen molar-refractivity contribution < 1.29 is 4.74 Å². The van der Waals surface area contributed by atoms with Crippen LogP contribution in [0.5, 0.6) is 5.75 Å². The van der Waals surface area contributed by atoms with Gasteiger partial charge in [-0.15, -0.1) is 0 Å². The maximum Gasteiger partial charge on any atom is 0.119 e. The minimum atomic E-state index is 0.828. The molecule has 3 rings (SSSR count). The molecule has 1 aliphatic carbocycles. The number of hydrogen-bond acceptors (Lipinski definition) is 1. The van der Waals surface area contributed by atoms with Gasteiger partial charge in [-0.1, -0.05) is 63.8 Å². The molecule has 0 radical (unpaired) electrons. The number of allylic oxidation sites excluding steroid dienone is 2. The minimum Gasteiger partial charge on any atom is -0.494 e. The Kier molecular flexibility index (Phi) is 6.55. The summed E-state index contributed by atoms with van der Waals surface area (Å²) in [7, 11) is 0. The second kappa shape index (κ2) is 9.08. The highest BCUT2D eigenvalue weighted by Gasteiger charge is 2.14. The largest absolute Gasteiger partial charge is 0.494 e. The van der Waals surface area contributed by atoms with E-state index in [1.54, 1.807) is 0 Å². The number of unbranched alkanes of at least 4 members (excludes halogenated alkanes) is 3. The van der Waals surface area contributed by atoms with Crippen LogP contribution >= 0.6 is 0 Å². The highest BCUT2D eigenvalue weighted by molar-refractivity contribution is 5.87. The lowest BCUT2D eigenvalue weighted by atomic mass is 9.85. The number of benzene rings is 2. The summed E-state index contributed by atoms with van der Waals surface area (Å²) in [6, 6.07) is 13.4. The van der Waals surface area contributed by atoms with Crippen molar-refractivity contribution in [2.75, 3.05) is 6.61 Å². The third-order valence-electron chi connectivity index (χ3n) is 5.55. The van der Waals surface area contributed by atoms with E-state index in [-0.39, 0.29) is 0 Å². The first kappa shape index (κ1) is 18.0. The summed E-state index contributed by atoms with van der Waals surface area (Å²) in [6.07, 6.45) is 12.6. The van der Waals surface area contributed by atoms with Crippen molar-refractivity contribution in [3.63, 3.8) is 0 Å². The minimum absolute atomic E-state index is 0.828. The molecular weight excluding hydrogens is 304 g/mol. The third kappa shape index (κ3) is 4.87. The van der Waals surface area contributed by atoms with Gasteiger partial charge >= 0.3 is 0 Å². The van der Waals surface area contributed by atoms with Crippen LogP contribution < -0.4 is 4.74 Å². The van der Waals surface area contributed by atoms with Crippen molar-refractivity contribution in [3.8, 4) is 5.75 Å². The third-order valence-corrected chi connectivity index (χ3v) is 5.55. The van der Waals surface area contributed by atoms with E-state index in [1.165, 1.54) is 66.9 Å². The molecule has 134 valence electrons. The van der Waals surface area contributed by atoms with E-state index in [1.807, 2.05) is 0 Å². The summed E-state index contributed by atoms with van der Waals surface area (Å²) in [5.41, 5.74) is 2.93. The topological polar surface area (TPSA) is 9.23 Å². The monoisotopic (exact) mass is 336 g/mol. The lowest BCUT2D eigenvalue weighted by Crippen LogP contribution is -2.03. The molecule has 0 spiro atoms. The maximum atomic E-state index is 5.92. The molecule has 1 unspecified atom stereocenters. The first-order valence-electron chi connectivity index (χ1n) is 10.2. The molecule has 0 fully saturated rings. The van der Waals surface area contributed by atoms with Crippen LogP contribution in [-0.4, -0.2) is 6.61 Å². The van der Waals surface area contributed by atoms with E-state index in [0.29, 0.717) is 0 Å². The lowest BCUT2D eigenvalue weighted by Gasteiger charge is -2.21. The average Bonchev–Trinajstić information content (AvgIpc) is 2.67. The van der Waals surface area contributed by atoms with Crippen molar-refractivity contribution in [3.05, 3.63) is 48.0 Å². The first-order chi connectivity index (χ1) is 12.3. The second-order valence-corrected chi connectivity index (χ2v) is 7.41. The molecule has 0 aliphatic heterocycles. The molecule has 0 amide bonds. The smallest absolute Gasteiger partial charge is 0.119 e. The molecular formula is C24H32O. The van der Waals surface area contributed by atoms with E-state index < -0.39 is 0 Å². The Morgan fingerprint density at radius 2 is 1.80 bits per heavy atom. The van der Waals surface area contributed by atoms with E-state index >= 15 is 0 Å². The molecule has 1 heteroatoms. The fourth-order valence-corrected chi connectivity index (χ4v) is 3.75. The zero-order valence-electron chi connectivity index (χ0n) is 15.9. The van der Waals surface area contributed by atoms with Gasteiger partial charge in [0, 0.05) is 0 Å². The molecule has 0 saturated heterocycles. The predicted molar refractivity (Wildman–Crippen MR) is 109 cm³/mol. The van der Waals surface area contributed by atoms with Gasteiger partial charge in [-0.2, -0.15) is 0 Å². The summed E-state index contributed by atoms with van der Waals surface area (Å²) in [5.74, 6) is 1.89. The van der Waals surface area contributed by atoms with Crippen molar-refractivity contribution in [1.29, 1.82) is 0 Å². The molecule has 0 saturated carbocycles. The SMILES string of the molecule is CCCCCCOc1ccc2cc(C3=CCC(CC)CC3)ccc2c1. The molecule has 1 aliphatic rings. The summed E-state index contributed by atoms with van der Waals surface area (Å²) in [4.78, 5) is 0. The van der Waals surface area contributed by atoms with Crippen LogP contribution in [0.25, 0.3) is 16.3 Å². The number of fused-ring (bicyclic) bond motifs is 1. The van der Waals surface area contributed by atoms with Crippen molar-refractivity contribution in [2.45, 2.75) is 65.2 Å². The molecule has 2 aromatic rings. The molecule has 1 nitrogen and oxygen atoms in total. The van der Waals surface area contributed by atoms with Gasteiger partial charge in [0.05, 0.1) is 6.61 Å². The molecule has 0 bridgehead atoms. The Morgan fingerprint density at radius 3 is 2.56 bits per heavy atom. The first-order valence-corrected chi connectivity index (χ1v) is 10.2. The molecule has 0 N–H and O–H groups in total. The van der Waals surface area contributed by atoms with Gasteiger partial charge in [-0.25, -0.2) is 0 Å². The Bertz CT molecular complexity index is 713. The van der Waals surface area contributed by atoms with Crippen molar-refractivity contribution in [2.24, 2.45) is 5.92 Å². The van der Waals surface area contributed by atoms with Crippen LogP contribution in [0.1, 0.15) is 70.8 Å². The van der Waals surface area contributed by atoms with Crippen LogP contribution in [0.2, 0.25) is 0 Å². The Labute approximate surface area is 153 Å². The number of ether oxygens (including phenoxy) is 1. The fourth-order valence-electron chi connectivity index (χ4n) is 3.75. The maximum absolute atomic E-state index is 5.92. The molecule has 25 heavy (non-hydrogen) atoms. The van der Waals surface area contributed by atoms with E-state index in [9.17, 15) is 0 Å². The van der Waals surface area contributed by atoms with E-state index in [2.05, 4.69) is 56.3 Å². The summed E-state index contributed by atoms with van der Waals surface area (Å²) in [6.45, 7) is 5.38. The quantitative estimate of drug-likeness (QED) is 0.456. The standard InChI is InChI=1S/C24H32O/c1-3-5-6-7-16-25-24-15-14-22-17-21(12-13-23(22)18-24)20-10-8-19(4-2)9-11-20/h10,12-15,17-19H,3-9,11,16H2,1-2H3. The van der Waals surface area contributed by atoms with Gasteiger partial charge in [0.15, 0.2) is 0 Å². The molecule has 0 aromatic heterocycles. The highest BCUT2D eigenvalue weighted by atomic mass is 16.5. The Balaban J connectivity index is 1.66. The molecule has 2 aromatic carbocycles. The fraction of sp³-hybridized carbons (Fsp3) is 0.500. The van der Waals surface area contributed by atoms with E-state index in [0.717, 1.165) is 24.7 Å². The Hall–Kier alpha value is -1.76. The summed E-state index contributed by atoms with van der Waals surface area (Å²) >= 11 is 0. The van der Waals surface area contributed by atoms with Crippen molar-refractivity contribution in [1.82, 2.24) is 0 Å². The zero-order chi connectivity index (χ0) is 17.5. The van der Waals surface area contributed by atoms with Crippen LogP contribution in [0.15, 0.2) is 42.5 Å². The van der Waals surface area contributed by atoms with Gasteiger partial charge < -0.3 is 4.74 Å². The summed E-state index contributed by atoms with van der Waals surface area (Å²) in [5, 5.41) is 2.59. The van der Waals surface area contributed by atoms with Crippen LogP contribution in [0.3, 0.4) is 0 Å². The normalized spacial score (nSPS) is 17.5. The van der Waals surface area contributed by atoms with E-state index in [4.69, 9.17) is 4.74 Å². The lowest BCUT2D eigenvalue weighted by molar-refractivity contribution is 0.305. The zero-order valence-corrected chi connectivity index (χ0v) is 15.9. The van der Waals surface area contributed by atoms with Gasteiger partial charge in [-0.05, 0) is 71.7 Å². The molecule has 1 atom stereocenters. The highest BCUT2D eigenvalue weighted by Crippen LogP contribution is 2.33. The Morgan fingerprint density at radius 1 is 0.960 bits per heavy atom. The van der Waals surface area contributed by atoms with Crippen LogP contribution in [0.4, 0.5) is 0 Å². The summed E-state index contributed by atoms with van der Waals surface area (Å²) < 4.78 is 5.92. The van der Waals surface area contributed by atoms with Gasteiger partial charge in [-0.3, -0.25) is 0 Å². The number of hydrogen-bond donors (Lipinski definition) is 0. The van der Waals surface area contributed by atoms with Gasteiger partial charge in [0.2, 0.25) is 0 Å².